The third kappa shape index (κ3) is 4.06. The van der Waals surface area contributed by atoms with Gasteiger partial charge in [0.25, 0.3) is 10.2 Å². The summed E-state index contributed by atoms with van der Waals surface area (Å²) in [5.74, 6) is 0.530. The zero-order valence-electron chi connectivity index (χ0n) is 9.44. The Morgan fingerprint density at radius 3 is 2.60 bits per heavy atom. The zero-order valence-corrected chi connectivity index (χ0v) is 10.3. The zero-order chi connectivity index (χ0) is 11.5. The Hall–Kier alpha value is -0.170. The van der Waals surface area contributed by atoms with Crippen LogP contribution in [0.25, 0.3) is 0 Å². The molecule has 0 saturated heterocycles. The van der Waals surface area contributed by atoms with Crippen molar-refractivity contribution in [1.29, 1.82) is 0 Å². The Morgan fingerprint density at radius 1 is 1.53 bits per heavy atom. The van der Waals surface area contributed by atoms with Crippen molar-refractivity contribution >= 4 is 10.2 Å². The molecule has 1 saturated carbocycles. The highest BCUT2D eigenvalue weighted by molar-refractivity contribution is 7.87. The number of nitrogens with zero attached hydrogens (tertiary/aromatic N) is 1. The summed E-state index contributed by atoms with van der Waals surface area (Å²) < 4.78 is 27.5. The minimum atomic E-state index is -3.31. The van der Waals surface area contributed by atoms with E-state index in [0.29, 0.717) is 25.4 Å². The molecule has 0 heterocycles. The summed E-state index contributed by atoms with van der Waals surface area (Å²) in [6, 6.07) is 0.0512. The SMILES string of the molecule is CC(NS(=O)(=O)N(C)CCCN)C1CC1. The van der Waals surface area contributed by atoms with Crippen molar-refractivity contribution < 1.29 is 8.42 Å². The monoisotopic (exact) mass is 235 g/mol. The molecule has 0 aromatic rings. The Labute approximate surface area is 92.2 Å². The fraction of sp³-hybridized carbons (Fsp3) is 1.00. The lowest BCUT2D eigenvalue weighted by Crippen LogP contribution is -2.43. The second-order valence-electron chi connectivity index (χ2n) is 4.21. The Kier molecular flexibility index (Phi) is 4.51. The first-order valence-electron chi connectivity index (χ1n) is 5.41. The lowest BCUT2D eigenvalue weighted by molar-refractivity contribution is 0.438. The average Bonchev–Trinajstić information content (AvgIpc) is 2.96. The molecule has 0 aliphatic heterocycles. The van der Waals surface area contributed by atoms with Gasteiger partial charge in [0.05, 0.1) is 0 Å². The maximum atomic E-state index is 11.8. The van der Waals surface area contributed by atoms with Gasteiger partial charge >= 0.3 is 0 Å². The van der Waals surface area contributed by atoms with Gasteiger partial charge in [0.2, 0.25) is 0 Å². The minimum Gasteiger partial charge on any atom is -0.330 e. The van der Waals surface area contributed by atoms with E-state index in [1.165, 1.54) is 4.31 Å². The molecule has 0 aromatic carbocycles. The van der Waals surface area contributed by atoms with Crippen LogP contribution < -0.4 is 10.5 Å². The molecular weight excluding hydrogens is 214 g/mol. The third-order valence-corrected chi connectivity index (χ3v) is 4.42. The number of nitrogens with two attached hydrogens (primary N) is 1. The first-order valence-corrected chi connectivity index (χ1v) is 6.85. The molecule has 1 atom stereocenters. The molecule has 0 spiro atoms. The van der Waals surface area contributed by atoms with E-state index in [2.05, 4.69) is 4.72 Å². The molecule has 0 aromatic heterocycles. The molecule has 3 N–H and O–H groups in total. The van der Waals surface area contributed by atoms with Gasteiger partial charge in [-0.05, 0) is 38.6 Å². The number of nitrogens with one attached hydrogen (secondary N) is 1. The second kappa shape index (κ2) is 5.25. The molecule has 1 unspecified atom stereocenters. The molecule has 0 bridgehead atoms. The molecule has 6 heteroatoms. The molecule has 90 valence electrons. The van der Waals surface area contributed by atoms with Crippen LogP contribution in [-0.2, 0) is 10.2 Å². The van der Waals surface area contributed by atoms with Crippen molar-refractivity contribution in [1.82, 2.24) is 9.03 Å². The first-order chi connectivity index (χ1) is 6.97. The van der Waals surface area contributed by atoms with E-state index in [0.717, 1.165) is 12.8 Å². The molecule has 1 fully saturated rings. The first kappa shape index (κ1) is 12.9. The van der Waals surface area contributed by atoms with Crippen molar-refractivity contribution in [3.63, 3.8) is 0 Å². The number of hydrogen-bond donors (Lipinski definition) is 2. The number of rotatable bonds is 7. The third-order valence-electron chi connectivity index (χ3n) is 2.75. The van der Waals surface area contributed by atoms with Crippen molar-refractivity contribution in [3.05, 3.63) is 0 Å². The second-order valence-corrected chi connectivity index (χ2v) is 6.02. The lowest BCUT2D eigenvalue weighted by atomic mass is 10.2. The van der Waals surface area contributed by atoms with Crippen LogP contribution in [0.3, 0.4) is 0 Å². The molecule has 1 aliphatic rings. The molecule has 0 amide bonds. The fourth-order valence-corrected chi connectivity index (χ4v) is 2.66. The van der Waals surface area contributed by atoms with Crippen LogP contribution in [0.4, 0.5) is 0 Å². The summed E-state index contributed by atoms with van der Waals surface area (Å²) in [5, 5.41) is 0. The van der Waals surface area contributed by atoms with Crippen LogP contribution in [0, 0.1) is 5.92 Å². The normalized spacial score (nSPS) is 19.5. The maximum absolute atomic E-state index is 11.8. The molecule has 15 heavy (non-hydrogen) atoms. The van der Waals surface area contributed by atoms with Gasteiger partial charge in [-0.1, -0.05) is 0 Å². The van der Waals surface area contributed by atoms with Crippen LogP contribution in [0.5, 0.6) is 0 Å². The van der Waals surface area contributed by atoms with Crippen LogP contribution in [0.15, 0.2) is 0 Å². The summed E-state index contributed by atoms with van der Waals surface area (Å²) in [4.78, 5) is 0. The van der Waals surface area contributed by atoms with Crippen LogP contribution in [0.2, 0.25) is 0 Å². The Bertz CT molecular complexity index is 288. The topological polar surface area (TPSA) is 75.4 Å². The smallest absolute Gasteiger partial charge is 0.279 e. The van der Waals surface area contributed by atoms with E-state index in [-0.39, 0.29) is 6.04 Å². The quantitative estimate of drug-likeness (QED) is 0.647. The van der Waals surface area contributed by atoms with Gasteiger partial charge in [-0.3, -0.25) is 0 Å². The largest absolute Gasteiger partial charge is 0.330 e. The van der Waals surface area contributed by atoms with E-state index in [1.54, 1.807) is 7.05 Å². The van der Waals surface area contributed by atoms with Gasteiger partial charge < -0.3 is 5.73 Å². The van der Waals surface area contributed by atoms with Crippen LogP contribution in [0.1, 0.15) is 26.2 Å². The molecule has 5 nitrogen and oxygen atoms in total. The summed E-state index contributed by atoms with van der Waals surface area (Å²) >= 11 is 0. The van der Waals surface area contributed by atoms with Gasteiger partial charge in [-0.2, -0.15) is 17.4 Å². The van der Waals surface area contributed by atoms with Gasteiger partial charge in [0, 0.05) is 19.6 Å². The minimum absolute atomic E-state index is 0.0512. The van der Waals surface area contributed by atoms with E-state index < -0.39 is 10.2 Å². The molecular formula is C9H21N3O2S. The van der Waals surface area contributed by atoms with Gasteiger partial charge in [0.15, 0.2) is 0 Å². The van der Waals surface area contributed by atoms with Crippen LogP contribution in [-0.4, -0.2) is 38.9 Å². The summed E-state index contributed by atoms with van der Waals surface area (Å²) in [6.07, 6.45) is 2.96. The van der Waals surface area contributed by atoms with Crippen LogP contribution >= 0.6 is 0 Å². The fourth-order valence-electron chi connectivity index (χ4n) is 1.45. The predicted molar refractivity (Wildman–Crippen MR) is 60.5 cm³/mol. The number of hydrogen-bond acceptors (Lipinski definition) is 3. The van der Waals surface area contributed by atoms with E-state index in [9.17, 15) is 8.42 Å². The highest BCUT2D eigenvalue weighted by atomic mass is 32.2. The van der Waals surface area contributed by atoms with Gasteiger partial charge in [-0.15, -0.1) is 0 Å². The molecule has 0 radical (unpaired) electrons. The summed E-state index contributed by atoms with van der Waals surface area (Å²) in [6.45, 7) is 2.91. The van der Waals surface area contributed by atoms with Crippen molar-refractivity contribution in [3.8, 4) is 0 Å². The van der Waals surface area contributed by atoms with Crippen molar-refractivity contribution in [2.45, 2.75) is 32.2 Å². The predicted octanol–water partition coefficient (Wildman–Crippen LogP) is -0.100. The average molecular weight is 235 g/mol. The Balaban J connectivity index is 2.41. The van der Waals surface area contributed by atoms with E-state index in [1.807, 2.05) is 6.92 Å². The van der Waals surface area contributed by atoms with Gasteiger partial charge in [-0.25, -0.2) is 0 Å². The summed E-state index contributed by atoms with van der Waals surface area (Å²) in [5.41, 5.74) is 5.34. The van der Waals surface area contributed by atoms with Gasteiger partial charge in [0.1, 0.15) is 0 Å². The lowest BCUT2D eigenvalue weighted by Gasteiger charge is -2.20. The van der Waals surface area contributed by atoms with E-state index >= 15 is 0 Å². The highest BCUT2D eigenvalue weighted by Crippen LogP contribution is 2.32. The van der Waals surface area contributed by atoms with E-state index in [4.69, 9.17) is 5.73 Å². The standard InChI is InChI=1S/C9H21N3O2S/c1-8(9-4-5-9)11-15(13,14)12(2)7-3-6-10/h8-9,11H,3-7,10H2,1-2H3. The highest BCUT2D eigenvalue weighted by Gasteiger charge is 2.31. The summed E-state index contributed by atoms with van der Waals surface area (Å²) in [7, 11) is -1.73. The Morgan fingerprint density at radius 2 is 2.13 bits per heavy atom. The maximum Gasteiger partial charge on any atom is 0.279 e. The van der Waals surface area contributed by atoms with Crippen molar-refractivity contribution in [2.24, 2.45) is 11.7 Å². The molecule has 1 aliphatic carbocycles. The van der Waals surface area contributed by atoms with Crippen molar-refractivity contribution in [2.75, 3.05) is 20.1 Å². The molecule has 1 rings (SSSR count).